The first-order valence-electron chi connectivity index (χ1n) is 7.38. The predicted octanol–water partition coefficient (Wildman–Crippen LogP) is 4.15. The number of fused-ring (bicyclic) bond motifs is 1. The molecule has 1 aromatic heterocycles. The van der Waals surface area contributed by atoms with E-state index in [1.807, 2.05) is 18.2 Å². The molecule has 0 radical (unpaired) electrons. The van der Waals surface area contributed by atoms with Crippen LogP contribution in [0.4, 0.5) is 5.00 Å². The zero-order chi connectivity index (χ0) is 16.2. The van der Waals surface area contributed by atoms with E-state index >= 15 is 0 Å². The van der Waals surface area contributed by atoms with Crippen LogP contribution in [0.5, 0.6) is 5.75 Å². The van der Waals surface area contributed by atoms with E-state index in [-0.39, 0.29) is 5.00 Å². The van der Waals surface area contributed by atoms with Crippen molar-refractivity contribution in [3.63, 3.8) is 0 Å². The molecule has 5 nitrogen and oxygen atoms in total. The molecule has 0 atom stereocenters. The van der Waals surface area contributed by atoms with Gasteiger partial charge >= 0.3 is 11.0 Å². The number of carbonyl (C=O) groups is 1. The second-order valence-corrected chi connectivity index (χ2v) is 6.42. The van der Waals surface area contributed by atoms with Crippen molar-refractivity contribution in [2.24, 2.45) is 0 Å². The first-order valence-corrected chi connectivity index (χ1v) is 8.19. The number of nitro groups is 1. The van der Waals surface area contributed by atoms with Gasteiger partial charge in [-0.2, -0.15) is 0 Å². The summed E-state index contributed by atoms with van der Waals surface area (Å²) in [5.41, 5.74) is 2.58. The number of thiophene rings is 1. The Hall–Kier alpha value is -2.47. The molecule has 1 heterocycles. The Bertz CT molecular complexity index is 779. The van der Waals surface area contributed by atoms with Crippen molar-refractivity contribution in [3.8, 4) is 5.75 Å². The molecular weight excluding hydrogens is 314 g/mol. The lowest BCUT2D eigenvalue weighted by atomic mass is 9.92. The van der Waals surface area contributed by atoms with Gasteiger partial charge in [-0.05, 0) is 61.1 Å². The van der Waals surface area contributed by atoms with Crippen LogP contribution in [0.1, 0.15) is 28.8 Å². The lowest BCUT2D eigenvalue weighted by Crippen LogP contribution is -2.06. The van der Waals surface area contributed by atoms with Gasteiger partial charge in [-0.1, -0.05) is 17.4 Å². The first kappa shape index (κ1) is 15.4. The quantitative estimate of drug-likeness (QED) is 0.278. The molecule has 0 fully saturated rings. The molecule has 118 valence electrons. The van der Waals surface area contributed by atoms with E-state index in [2.05, 4.69) is 0 Å². The second kappa shape index (κ2) is 6.75. The summed E-state index contributed by atoms with van der Waals surface area (Å²) in [6, 6.07) is 8.77. The number of rotatable bonds is 4. The van der Waals surface area contributed by atoms with Crippen LogP contribution in [0.25, 0.3) is 6.08 Å². The molecule has 6 heteroatoms. The predicted molar refractivity (Wildman–Crippen MR) is 88.7 cm³/mol. The van der Waals surface area contributed by atoms with Gasteiger partial charge in [0.15, 0.2) is 0 Å². The number of nitrogens with zero attached hydrogens (tertiary/aromatic N) is 1. The minimum atomic E-state index is -0.489. The van der Waals surface area contributed by atoms with Crippen molar-refractivity contribution in [3.05, 3.63) is 62.5 Å². The van der Waals surface area contributed by atoms with Crippen LogP contribution < -0.4 is 4.74 Å². The fourth-order valence-corrected chi connectivity index (χ4v) is 3.33. The molecule has 23 heavy (non-hydrogen) atoms. The van der Waals surface area contributed by atoms with Gasteiger partial charge in [-0.25, -0.2) is 4.79 Å². The highest BCUT2D eigenvalue weighted by Crippen LogP contribution is 2.26. The minimum absolute atomic E-state index is 0.0488. The van der Waals surface area contributed by atoms with Crippen LogP contribution >= 0.6 is 11.3 Å². The maximum Gasteiger partial charge on any atom is 0.336 e. The van der Waals surface area contributed by atoms with Crippen LogP contribution in [0.3, 0.4) is 0 Å². The van der Waals surface area contributed by atoms with Gasteiger partial charge in [0.2, 0.25) is 0 Å². The smallest absolute Gasteiger partial charge is 0.336 e. The summed E-state index contributed by atoms with van der Waals surface area (Å²) in [6.07, 6.45) is 7.30. The monoisotopic (exact) mass is 329 g/mol. The van der Waals surface area contributed by atoms with Crippen molar-refractivity contribution >= 4 is 28.4 Å². The van der Waals surface area contributed by atoms with Crippen LogP contribution in [-0.2, 0) is 17.6 Å². The molecule has 1 aromatic carbocycles. The fourth-order valence-electron chi connectivity index (χ4n) is 2.60. The number of carbonyl (C=O) groups excluding carboxylic acids is 1. The lowest BCUT2D eigenvalue weighted by molar-refractivity contribution is -0.380. The molecule has 1 aliphatic rings. The molecule has 0 bridgehead atoms. The van der Waals surface area contributed by atoms with Gasteiger partial charge in [0.1, 0.15) is 5.75 Å². The summed E-state index contributed by atoms with van der Waals surface area (Å²) in [4.78, 5) is 22.7. The highest BCUT2D eigenvalue weighted by Gasteiger charge is 2.11. The largest absolute Gasteiger partial charge is 0.423 e. The third kappa shape index (κ3) is 3.84. The molecule has 0 unspecified atom stereocenters. The molecular formula is C17H15NO4S. The van der Waals surface area contributed by atoms with Gasteiger partial charge in [0, 0.05) is 17.0 Å². The van der Waals surface area contributed by atoms with E-state index in [0.29, 0.717) is 10.6 Å². The van der Waals surface area contributed by atoms with E-state index in [0.717, 1.165) is 24.2 Å². The highest BCUT2D eigenvalue weighted by molar-refractivity contribution is 7.16. The Balaban J connectivity index is 1.64. The van der Waals surface area contributed by atoms with E-state index in [1.54, 1.807) is 6.07 Å². The molecule has 3 rings (SSSR count). The Morgan fingerprint density at radius 3 is 2.70 bits per heavy atom. The zero-order valence-electron chi connectivity index (χ0n) is 12.4. The van der Waals surface area contributed by atoms with E-state index in [1.165, 1.54) is 42.2 Å². The van der Waals surface area contributed by atoms with Crippen LogP contribution in [0, 0.1) is 10.1 Å². The van der Waals surface area contributed by atoms with Gasteiger partial charge in [0.05, 0.1) is 4.92 Å². The van der Waals surface area contributed by atoms with Gasteiger partial charge in [-0.15, -0.1) is 0 Å². The summed E-state index contributed by atoms with van der Waals surface area (Å²) < 4.78 is 5.30. The maximum absolute atomic E-state index is 11.9. The Morgan fingerprint density at radius 1 is 1.17 bits per heavy atom. The zero-order valence-corrected chi connectivity index (χ0v) is 13.2. The Kier molecular flexibility index (Phi) is 4.52. The summed E-state index contributed by atoms with van der Waals surface area (Å²) in [5, 5.41) is 10.7. The van der Waals surface area contributed by atoms with Crippen LogP contribution in [-0.4, -0.2) is 10.9 Å². The third-order valence-corrected chi connectivity index (χ3v) is 4.72. The number of hydrogen-bond donors (Lipinski definition) is 0. The number of hydrogen-bond acceptors (Lipinski definition) is 5. The Morgan fingerprint density at radius 2 is 1.96 bits per heavy atom. The topological polar surface area (TPSA) is 69.4 Å². The number of aryl methyl sites for hydroxylation is 2. The van der Waals surface area contributed by atoms with Crippen LogP contribution in [0.2, 0.25) is 0 Å². The second-order valence-electron chi connectivity index (χ2n) is 5.33. The first-order chi connectivity index (χ1) is 11.1. The van der Waals surface area contributed by atoms with Crippen molar-refractivity contribution in [2.45, 2.75) is 25.7 Å². The Labute approximate surface area is 137 Å². The van der Waals surface area contributed by atoms with E-state index < -0.39 is 10.9 Å². The highest BCUT2D eigenvalue weighted by atomic mass is 32.1. The van der Waals surface area contributed by atoms with Gasteiger partial charge < -0.3 is 4.74 Å². The summed E-state index contributed by atoms with van der Waals surface area (Å²) in [7, 11) is 0. The third-order valence-electron chi connectivity index (χ3n) is 3.71. The van der Waals surface area contributed by atoms with Crippen molar-refractivity contribution in [1.82, 2.24) is 0 Å². The fraction of sp³-hybridized carbons (Fsp3) is 0.235. The van der Waals surface area contributed by atoms with Gasteiger partial charge in [-0.3, -0.25) is 10.1 Å². The standard InChI is InChI=1S/C17H15NO4S/c19-17(10-8-15-7-9-16(23-15)18(20)21)22-14-6-5-12-3-1-2-4-13(12)11-14/h5-11H,1-4H2/b10-8+. The number of esters is 1. The maximum atomic E-state index is 11.9. The van der Waals surface area contributed by atoms with E-state index in [9.17, 15) is 14.9 Å². The van der Waals surface area contributed by atoms with Crippen molar-refractivity contribution in [1.29, 1.82) is 0 Å². The molecule has 1 aliphatic carbocycles. The number of ether oxygens (including phenoxy) is 1. The normalized spacial score (nSPS) is 13.7. The van der Waals surface area contributed by atoms with Gasteiger partial charge in [0.25, 0.3) is 0 Å². The summed E-state index contributed by atoms with van der Waals surface area (Å²) in [6.45, 7) is 0. The van der Waals surface area contributed by atoms with Crippen LogP contribution in [0.15, 0.2) is 36.4 Å². The molecule has 0 saturated carbocycles. The lowest BCUT2D eigenvalue weighted by Gasteiger charge is -2.16. The molecule has 0 amide bonds. The molecule has 2 aromatic rings. The van der Waals surface area contributed by atoms with Crippen molar-refractivity contribution < 1.29 is 14.5 Å². The molecule has 0 N–H and O–H groups in total. The number of benzene rings is 1. The van der Waals surface area contributed by atoms with Crippen molar-refractivity contribution in [2.75, 3.05) is 0 Å². The molecule has 0 spiro atoms. The minimum Gasteiger partial charge on any atom is -0.423 e. The molecule has 0 saturated heterocycles. The van der Waals surface area contributed by atoms with E-state index in [4.69, 9.17) is 4.74 Å². The summed E-state index contributed by atoms with van der Waals surface area (Å²) >= 11 is 1.01. The molecule has 0 aliphatic heterocycles. The average molecular weight is 329 g/mol. The SMILES string of the molecule is O=C(/C=C/c1ccc([N+](=O)[O-])s1)Oc1ccc2c(c1)CCCC2. The summed E-state index contributed by atoms with van der Waals surface area (Å²) in [5.74, 6) is 0.0503. The average Bonchev–Trinajstić information content (AvgIpc) is 3.02.